The number of thiazole rings is 1. The summed E-state index contributed by atoms with van der Waals surface area (Å²) in [7, 11) is 1.24. The first-order valence-electron chi connectivity index (χ1n) is 12.5. The molecule has 1 aromatic rings. The van der Waals surface area contributed by atoms with Crippen molar-refractivity contribution >= 4 is 64.0 Å². The summed E-state index contributed by atoms with van der Waals surface area (Å²) < 4.78 is 20.5. The Morgan fingerprint density at radius 1 is 1.20 bits per heavy atom. The summed E-state index contributed by atoms with van der Waals surface area (Å²) in [6.07, 6.45) is 0.466. The normalized spacial score (nSPS) is 21.7. The van der Waals surface area contributed by atoms with Crippen LogP contribution in [-0.4, -0.2) is 82.3 Å². The van der Waals surface area contributed by atoms with Crippen LogP contribution in [0.3, 0.4) is 0 Å². The van der Waals surface area contributed by atoms with Crippen molar-refractivity contribution in [3.8, 4) is 0 Å². The number of rotatable bonds is 9. The molecule has 1 aromatic heterocycles. The number of nitrogens with one attached hydrogen (secondary N) is 1. The molecule has 3 atom stereocenters. The fraction of sp³-hybridized carbons (Fsp3) is 0.522. The summed E-state index contributed by atoms with van der Waals surface area (Å²) in [5, 5.41) is 7.14. The molecule has 2 fully saturated rings. The van der Waals surface area contributed by atoms with Crippen molar-refractivity contribution in [1.82, 2.24) is 15.2 Å². The molecule has 1 unspecified atom stereocenters. The number of β-lactam (4-membered cyclic amide) rings is 1. The average molecular weight is 613 g/mol. The lowest BCUT2D eigenvalue weighted by Crippen LogP contribution is -2.71. The number of thioether (sulfide) groups is 1. The molecule has 0 radical (unpaired) electrons. The van der Waals surface area contributed by atoms with Crippen LogP contribution < -0.4 is 16.8 Å². The molecule has 222 valence electrons. The van der Waals surface area contributed by atoms with E-state index in [1.165, 1.54) is 19.4 Å². The number of esters is 1. The number of ether oxygens (including phenoxy) is 4. The van der Waals surface area contributed by atoms with E-state index in [2.05, 4.69) is 15.5 Å². The number of nitrogens with zero attached hydrogens (tertiary/aromatic N) is 3. The first-order chi connectivity index (χ1) is 19.6. The molecule has 0 spiro atoms. The first kappa shape index (κ1) is 29.9. The monoisotopic (exact) mass is 612 g/mol. The van der Waals surface area contributed by atoms with Gasteiger partial charge in [-0.25, -0.2) is 19.4 Å². The van der Waals surface area contributed by atoms with E-state index in [0.717, 1.165) is 47.3 Å². The van der Waals surface area contributed by atoms with Gasteiger partial charge >= 0.3 is 18.2 Å². The fourth-order valence-corrected chi connectivity index (χ4v) is 6.20. The highest BCUT2D eigenvalue weighted by molar-refractivity contribution is 8.00. The molecule has 1 saturated carbocycles. The number of hydrogen-bond acceptors (Lipinski definition) is 15. The Morgan fingerprint density at radius 3 is 2.56 bits per heavy atom. The Morgan fingerprint density at radius 2 is 1.93 bits per heavy atom. The molecule has 3 amide bonds. The van der Waals surface area contributed by atoms with E-state index < -0.39 is 53.4 Å². The number of anilines is 1. The van der Waals surface area contributed by atoms with Gasteiger partial charge in [0.25, 0.3) is 11.8 Å². The molecule has 0 aromatic carbocycles. The standard InChI is InChI=1S/C23H28N6O10S2/c1-10(37-23(34)38-11-6-4-3-5-7-11)36-20(32)16-13(39-22(25)33)9-40-19-15(18(31)29(16)19)27-17(30)14(28-35-2)12-8-41-21(24)26-12/h8,10-11,15,19H,3-7,9H2,1-2H3,(H2,24,26)(H2,25,33)(H,27,30)/b28-14-/t10?,15-,19-/m1/s1. The van der Waals surface area contributed by atoms with Gasteiger partial charge in [-0.1, -0.05) is 11.6 Å². The van der Waals surface area contributed by atoms with Gasteiger partial charge in [-0.2, -0.15) is 0 Å². The third-order valence-corrected chi connectivity index (χ3v) is 8.08. The van der Waals surface area contributed by atoms with Crippen molar-refractivity contribution < 1.29 is 47.8 Å². The summed E-state index contributed by atoms with van der Waals surface area (Å²) in [6.45, 7) is 1.28. The maximum Gasteiger partial charge on any atom is 0.511 e. The van der Waals surface area contributed by atoms with Crippen molar-refractivity contribution in [1.29, 1.82) is 0 Å². The van der Waals surface area contributed by atoms with Gasteiger partial charge in [0.05, 0.1) is 5.75 Å². The molecule has 16 nitrogen and oxygen atoms in total. The second-order valence-corrected chi connectivity index (χ2v) is 11.0. The minimum atomic E-state index is -1.40. The number of hydrogen-bond donors (Lipinski definition) is 3. The SMILES string of the molecule is CO/N=C(\C(=O)N[C@@H]1C(=O)N2C(C(=O)OC(C)OC(=O)OC3CCCCC3)=C(OC(N)=O)CS[C@H]12)c1csc(N)n1. The summed E-state index contributed by atoms with van der Waals surface area (Å²) in [4.78, 5) is 72.6. The van der Waals surface area contributed by atoms with Gasteiger partial charge in [0.1, 0.15) is 30.3 Å². The lowest BCUT2D eigenvalue weighted by Gasteiger charge is -2.49. The minimum absolute atomic E-state index is 0.0746. The topological polar surface area (TPSA) is 224 Å². The van der Waals surface area contributed by atoms with Crippen LogP contribution in [0.4, 0.5) is 14.7 Å². The zero-order chi connectivity index (χ0) is 29.7. The summed E-state index contributed by atoms with van der Waals surface area (Å²) >= 11 is 2.18. The van der Waals surface area contributed by atoms with Crippen molar-refractivity contribution in [3.63, 3.8) is 0 Å². The molecule has 1 aliphatic carbocycles. The van der Waals surface area contributed by atoms with E-state index in [0.29, 0.717) is 12.8 Å². The average Bonchev–Trinajstić information content (AvgIpc) is 3.35. The van der Waals surface area contributed by atoms with Gasteiger partial charge in [0.2, 0.25) is 6.29 Å². The van der Waals surface area contributed by atoms with Gasteiger partial charge in [-0.15, -0.1) is 23.1 Å². The van der Waals surface area contributed by atoms with E-state index in [4.69, 9.17) is 35.3 Å². The number of fused-ring (bicyclic) bond motifs is 1. The Kier molecular flexibility index (Phi) is 9.53. The zero-order valence-corrected chi connectivity index (χ0v) is 23.7. The Bertz CT molecular complexity index is 1280. The molecule has 4 rings (SSSR count). The number of aromatic nitrogens is 1. The molecule has 41 heavy (non-hydrogen) atoms. The third-order valence-electron chi connectivity index (χ3n) is 6.15. The van der Waals surface area contributed by atoms with E-state index in [1.54, 1.807) is 0 Å². The van der Waals surface area contributed by atoms with E-state index in [9.17, 15) is 24.0 Å². The highest BCUT2D eigenvalue weighted by atomic mass is 32.2. The van der Waals surface area contributed by atoms with Gasteiger partial charge < -0.3 is 40.6 Å². The van der Waals surface area contributed by atoms with Crippen LogP contribution in [0.1, 0.15) is 44.7 Å². The van der Waals surface area contributed by atoms with Crippen LogP contribution in [0.15, 0.2) is 22.0 Å². The Labute approximate surface area is 241 Å². The number of nitrogens with two attached hydrogens (primary N) is 2. The number of carbonyl (C=O) groups excluding carboxylic acids is 5. The third kappa shape index (κ3) is 6.99. The van der Waals surface area contributed by atoms with Crippen LogP contribution in [0.5, 0.6) is 0 Å². The highest BCUT2D eigenvalue weighted by Crippen LogP contribution is 2.41. The molecular formula is C23H28N6O10S2. The second kappa shape index (κ2) is 13.1. The van der Waals surface area contributed by atoms with Gasteiger partial charge in [0.15, 0.2) is 22.3 Å². The maximum absolute atomic E-state index is 13.2. The van der Waals surface area contributed by atoms with Gasteiger partial charge in [0, 0.05) is 12.3 Å². The molecule has 2 aliphatic heterocycles. The molecule has 18 heteroatoms. The molecule has 1 saturated heterocycles. The van der Waals surface area contributed by atoms with Crippen molar-refractivity contribution in [2.75, 3.05) is 18.6 Å². The lowest BCUT2D eigenvalue weighted by molar-refractivity contribution is -0.170. The molecule has 3 heterocycles. The van der Waals surface area contributed by atoms with E-state index >= 15 is 0 Å². The summed E-state index contributed by atoms with van der Waals surface area (Å²) in [5.74, 6) is -2.93. The second-order valence-electron chi connectivity index (χ2n) is 8.97. The smallest absolute Gasteiger partial charge is 0.431 e. The van der Waals surface area contributed by atoms with Crippen LogP contribution in [0.2, 0.25) is 0 Å². The van der Waals surface area contributed by atoms with Crippen molar-refractivity contribution in [2.45, 2.75) is 62.8 Å². The largest absolute Gasteiger partial charge is 0.511 e. The quantitative estimate of drug-likeness (QED) is 0.0890. The predicted octanol–water partition coefficient (Wildman–Crippen LogP) is 1.16. The summed E-state index contributed by atoms with van der Waals surface area (Å²) in [6, 6.07) is -1.09. The fourth-order valence-electron chi connectivity index (χ4n) is 4.40. The maximum atomic E-state index is 13.2. The zero-order valence-electron chi connectivity index (χ0n) is 22.0. The van der Waals surface area contributed by atoms with Crippen LogP contribution in [0, 0.1) is 0 Å². The molecule has 5 N–H and O–H groups in total. The van der Waals surface area contributed by atoms with Crippen molar-refractivity contribution in [2.24, 2.45) is 10.9 Å². The predicted molar refractivity (Wildman–Crippen MR) is 143 cm³/mol. The number of nitrogen functional groups attached to an aromatic ring is 1. The van der Waals surface area contributed by atoms with Gasteiger partial charge in [-0.3, -0.25) is 14.5 Å². The lowest BCUT2D eigenvalue weighted by atomic mass is 9.98. The molecular weight excluding hydrogens is 584 g/mol. The Hall–Kier alpha value is -4.06. The van der Waals surface area contributed by atoms with Gasteiger partial charge in [-0.05, 0) is 25.7 Å². The Balaban J connectivity index is 1.44. The van der Waals surface area contributed by atoms with Crippen LogP contribution in [0.25, 0.3) is 0 Å². The van der Waals surface area contributed by atoms with Crippen LogP contribution >= 0.6 is 23.1 Å². The van der Waals surface area contributed by atoms with Crippen molar-refractivity contribution in [3.05, 3.63) is 22.5 Å². The minimum Gasteiger partial charge on any atom is -0.431 e. The highest BCUT2D eigenvalue weighted by Gasteiger charge is 2.55. The molecule has 3 aliphatic rings. The van der Waals surface area contributed by atoms with E-state index in [-0.39, 0.29) is 34.2 Å². The van der Waals surface area contributed by atoms with Crippen LogP contribution in [-0.2, 0) is 38.2 Å². The number of primary amides is 1. The first-order valence-corrected chi connectivity index (χ1v) is 14.4. The number of oxime groups is 1. The number of amides is 3. The summed E-state index contributed by atoms with van der Waals surface area (Å²) in [5.41, 5.74) is 10.3. The molecule has 0 bridgehead atoms. The number of carbonyl (C=O) groups is 5. The van der Waals surface area contributed by atoms with E-state index in [1.807, 2.05) is 0 Å².